The molecule has 0 bridgehead atoms. The number of carbonyl (C=O) groups excluding carboxylic acids is 4. The van der Waals surface area contributed by atoms with Crippen molar-refractivity contribution in [2.24, 2.45) is 5.73 Å². The van der Waals surface area contributed by atoms with Crippen LogP contribution in [-0.2, 0) is 33.7 Å². The Kier molecular flexibility index (Phi) is 9.65. The van der Waals surface area contributed by atoms with Gasteiger partial charge in [-0.1, -0.05) is 30.3 Å². The lowest BCUT2D eigenvalue weighted by atomic mass is 9.87. The number of thioether (sulfide) groups is 1. The molecular formula is C35H40N4O5S. The number of fused-ring (bicyclic) bond motifs is 2. The summed E-state index contributed by atoms with van der Waals surface area (Å²) in [6.45, 7) is 4.04. The number of aryl methyl sites for hydroxylation is 1. The summed E-state index contributed by atoms with van der Waals surface area (Å²) in [6.07, 6.45) is 5.06. The fraction of sp³-hybridized carbons (Fsp3) is 0.371. The van der Waals surface area contributed by atoms with Crippen LogP contribution in [0, 0.1) is 0 Å². The number of amides is 3. The Labute approximate surface area is 268 Å². The minimum Gasteiger partial charge on any atom is -0.465 e. The molecule has 9 nitrogen and oxygen atoms in total. The molecule has 45 heavy (non-hydrogen) atoms. The lowest BCUT2D eigenvalue weighted by molar-refractivity contribution is -0.143. The van der Waals surface area contributed by atoms with Crippen LogP contribution in [-0.4, -0.2) is 58.8 Å². The molecule has 4 N–H and O–H groups in total. The first-order valence-corrected chi connectivity index (χ1v) is 16.4. The standard InChI is InChI=1S/C35H40N4O5S/c1-35(2,45-4)30(36)33(42)39-20-25-18-26(37-31(40)22-12-14-23(15-13-22)34(43)44-3)17-16-24(25)19-29(39)32(41)38-28-11-7-9-21-8-5-6-10-27(21)28/h5-6,8,10,12-18,28-30H,7,9,11,19-20,36H2,1-4H3,(H,37,40)(H,38,41)/t28?,29-,30?/m0/s1. The highest BCUT2D eigenvalue weighted by atomic mass is 32.2. The Morgan fingerprint density at radius 3 is 2.40 bits per heavy atom. The summed E-state index contributed by atoms with van der Waals surface area (Å²) in [7, 11) is 1.30. The van der Waals surface area contributed by atoms with Gasteiger partial charge < -0.3 is 26.0 Å². The highest BCUT2D eigenvalue weighted by molar-refractivity contribution is 8.00. The van der Waals surface area contributed by atoms with Crippen LogP contribution in [0.1, 0.15) is 75.7 Å². The van der Waals surface area contributed by atoms with E-state index in [9.17, 15) is 19.2 Å². The summed E-state index contributed by atoms with van der Waals surface area (Å²) in [6, 6.07) is 18.3. The highest BCUT2D eigenvalue weighted by Gasteiger charge is 2.41. The third-order valence-electron chi connectivity index (χ3n) is 8.98. The number of rotatable bonds is 8. The largest absolute Gasteiger partial charge is 0.465 e. The van der Waals surface area contributed by atoms with E-state index in [1.165, 1.54) is 36.6 Å². The molecule has 2 unspecified atom stereocenters. The van der Waals surface area contributed by atoms with E-state index in [1.54, 1.807) is 23.1 Å². The van der Waals surface area contributed by atoms with Gasteiger partial charge in [0.25, 0.3) is 5.91 Å². The molecule has 1 heterocycles. The number of hydrogen-bond donors (Lipinski definition) is 3. The Morgan fingerprint density at radius 1 is 0.978 bits per heavy atom. The van der Waals surface area contributed by atoms with Gasteiger partial charge >= 0.3 is 5.97 Å². The first-order chi connectivity index (χ1) is 21.5. The molecule has 3 amide bonds. The maximum Gasteiger partial charge on any atom is 0.337 e. The number of nitrogens with zero attached hydrogens (tertiary/aromatic N) is 1. The molecule has 0 aromatic heterocycles. The molecule has 3 aromatic rings. The number of benzene rings is 3. The van der Waals surface area contributed by atoms with Crippen molar-refractivity contribution in [1.29, 1.82) is 0 Å². The molecule has 5 rings (SSSR count). The number of ether oxygens (including phenoxy) is 1. The number of nitrogens with two attached hydrogens (primary N) is 1. The number of nitrogens with one attached hydrogen (secondary N) is 2. The predicted molar refractivity (Wildman–Crippen MR) is 176 cm³/mol. The molecule has 0 spiro atoms. The van der Waals surface area contributed by atoms with Gasteiger partial charge in [-0.15, -0.1) is 0 Å². The van der Waals surface area contributed by atoms with E-state index < -0.39 is 22.8 Å². The van der Waals surface area contributed by atoms with Crippen LogP contribution in [0.4, 0.5) is 5.69 Å². The predicted octanol–water partition coefficient (Wildman–Crippen LogP) is 4.64. The molecular weight excluding hydrogens is 588 g/mol. The summed E-state index contributed by atoms with van der Waals surface area (Å²) in [5.41, 5.74) is 12.0. The molecule has 0 saturated heterocycles. The molecule has 3 aromatic carbocycles. The fourth-order valence-corrected chi connectivity index (χ4v) is 6.34. The molecule has 2 aliphatic rings. The summed E-state index contributed by atoms with van der Waals surface area (Å²) in [5.74, 6) is -1.31. The average Bonchev–Trinajstić information content (AvgIpc) is 3.06. The zero-order chi connectivity index (χ0) is 32.3. The Balaban J connectivity index is 1.39. The topological polar surface area (TPSA) is 131 Å². The number of anilines is 1. The number of carbonyl (C=O) groups is 4. The molecule has 1 aliphatic heterocycles. The molecule has 0 radical (unpaired) electrons. The van der Waals surface area contributed by atoms with E-state index in [0.717, 1.165) is 36.0 Å². The van der Waals surface area contributed by atoms with Gasteiger partial charge in [-0.3, -0.25) is 14.4 Å². The number of esters is 1. The van der Waals surface area contributed by atoms with E-state index in [0.29, 0.717) is 23.2 Å². The second-order valence-electron chi connectivity index (χ2n) is 12.1. The van der Waals surface area contributed by atoms with E-state index in [4.69, 9.17) is 10.5 Å². The minimum absolute atomic E-state index is 0.114. The first-order valence-electron chi connectivity index (χ1n) is 15.1. The fourth-order valence-electron chi connectivity index (χ4n) is 5.98. The first kappa shape index (κ1) is 32.2. The van der Waals surface area contributed by atoms with E-state index in [-0.39, 0.29) is 30.3 Å². The average molecular weight is 629 g/mol. The minimum atomic E-state index is -0.824. The number of methoxy groups -OCH3 is 1. The summed E-state index contributed by atoms with van der Waals surface area (Å²) in [4.78, 5) is 54.3. The normalized spacial score (nSPS) is 18.2. The van der Waals surface area contributed by atoms with Crippen LogP contribution >= 0.6 is 11.8 Å². The van der Waals surface area contributed by atoms with Crippen molar-refractivity contribution in [2.45, 2.75) is 68.9 Å². The van der Waals surface area contributed by atoms with Gasteiger partial charge in [0, 0.05) is 29.0 Å². The molecule has 0 saturated carbocycles. The van der Waals surface area contributed by atoms with Crippen molar-refractivity contribution in [2.75, 3.05) is 18.7 Å². The van der Waals surface area contributed by atoms with Gasteiger partial charge in [-0.2, -0.15) is 11.8 Å². The smallest absolute Gasteiger partial charge is 0.337 e. The van der Waals surface area contributed by atoms with Crippen LogP contribution in [0.2, 0.25) is 0 Å². The quantitative estimate of drug-likeness (QED) is 0.310. The van der Waals surface area contributed by atoms with Crippen molar-refractivity contribution >= 4 is 41.1 Å². The zero-order valence-electron chi connectivity index (χ0n) is 26.1. The Morgan fingerprint density at radius 2 is 1.69 bits per heavy atom. The van der Waals surface area contributed by atoms with Crippen LogP contribution in [0.15, 0.2) is 66.7 Å². The second-order valence-corrected chi connectivity index (χ2v) is 13.6. The van der Waals surface area contributed by atoms with Gasteiger partial charge in [0.1, 0.15) is 6.04 Å². The molecule has 10 heteroatoms. The summed E-state index contributed by atoms with van der Waals surface area (Å²) < 4.78 is 4.18. The Bertz CT molecular complexity index is 1610. The van der Waals surface area contributed by atoms with Crippen LogP contribution in [0.5, 0.6) is 0 Å². The van der Waals surface area contributed by atoms with Crippen LogP contribution < -0.4 is 16.4 Å². The van der Waals surface area contributed by atoms with Crippen LogP contribution in [0.3, 0.4) is 0 Å². The molecule has 0 fully saturated rings. The van der Waals surface area contributed by atoms with Crippen molar-refractivity contribution in [3.8, 4) is 0 Å². The second kappa shape index (κ2) is 13.5. The van der Waals surface area contributed by atoms with Crippen molar-refractivity contribution in [3.63, 3.8) is 0 Å². The maximum atomic E-state index is 14.0. The van der Waals surface area contributed by atoms with Gasteiger partial charge in [0.05, 0.1) is 24.8 Å². The van der Waals surface area contributed by atoms with E-state index in [1.807, 2.05) is 44.4 Å². The van der Waals surface area contributed by atoms with Gasteiger partial charge in [-0.05, 0) is 98.0 Å². The van der Waals surface area contributed by atoms with E-state index in [2.05, 4.69) is 22.8 Å². The summed E-state index contributed by atoms with van der Waals surface area (Å²) >= 11 is 1.51. The van der Waals surface area contributed by atoms with Gasteiger partial charge in [-0.25, -0.2) is 4.79 Å². The molecule has 1 aliphatic carbocycles. The third-order valence-corrected chi connectivity index (χ3v) is 10.3. The highest BCUT2D eigenvalue weighted by Crippen LogP contribution is 2.33. The number of hydrogen-bond acceptors (Lipinski definition) is 7. The van der Waals surface area contributed by atoms with Crippen molar-refractivity contribution < 1.29 is 23.9 Å². The molecule has 236 valence electrons. The van der Waals surface area contributed by atoms with E-state index >= 15 is 0 Å². The van der Waals surface area contributed by atoms with Crippen molar-refractivity contribution in [1.82, 2.24) is 10.2 Å². The third kappa shape index (κ3) is 6.92. The zero-order valence-corrected chi connectivity index (χ0v) is 26.9. The lowest BCUT2D eigenvalue weighted by Crippen LogP contribution is -2.60. The Hall–Kier alpha value is -4.15. The SMILES string of the molecule is COC(=O)c1ccc(C(=O)Nc2ccc3c(c2)CN(C(=O)C(N)C(C)(C)SC)[C@H](C(=O)NC2CCCc4ccccc42)C3)cc1. The van der Waals surface area contributed by atoms with Gasteiger partial charge in [0.15, 0.2) is 0 Å². The van der Waals surface area contributed by atoms with Crippen molar-refractivity contribution in [3.05, 3.63) is 100 Å². The summed E-state index contributed by atoms with van der Waals surface area (Å²) in [5, 5.41) is 6.16. The van der Waals surface area contributed by atoms with Gasteiger partial charge in [0.2, 0.25) is 11.8 Å². The lowest BCUT2D eigenvalue weighted by Gasteiger charge is -2.41. The maximum absolute atomic E-state index is 14.0. The monoisotopic (exact) mass is 628 g/mol. The molecule has 3 atom stereocenters. The van der Waals surface area contributed by atoms with Crippen LogP contribution in [0.25, 0.3) is 0 Å².